The van der Waals surface area contributed by atoms with Gasteiger partial charge in [0, 0.05) is 18.4 Å². The van der Waals surface area contributed by atoms with Gasteiger partial charge in [-0.1, -0.05) is 30.3 Å². The van der Waals surface area contributed by atoms with Crippen LogP contribution in [0.25, 0.3) is 10.8 Å². The van der Waals surface area contributed by atoms with Gasteiger partial charge in [0.2, 0.25) is 0 Å². The van der Waals surface area contributed by atoms with Crippen LogP contribution < -0.4 is 5.32 Å². The zero-order valence-corrected chi connectivity index (χ0v) is 13.4. The molecule has 0 aliphatic rings. The molecule has 6 heteroatoms. The normalized spacial score (nSPS) is 10.6. The molecule has 0 unspecified atom stereocenters. The van der Waals surface area contributed by atoms with E-state index in [0.717, 1.165) is 10.8 Å². The highest BCUT2D eigenvalue weighted by Crippen LogP contribution is 2.18. The molecule has 122 valence electrons. The van der Waals surface area contributed by atoms with Crippen molar-refractivity contribution in [1.82, 2.24) is 9.78 Å². The molecule has 1 heterocycles. The molecule has 3 aromatic rings. The van der Waals surface area contributed by atoms with Gasteiger partial charge in [-0.3, -0.25) is 9.48 Å². The predicted molar refractivity (Wildman–Crippen MR) is 90.8 cm³/mol. The Morgan fingerprint density at radius 1 is 1.17 bits per heavy atom. The first kappa shape index (κ1) is 15.7. The summed E-state index contributed by atoms with van der Waals surface area (Å²) < 4.78 is 6.61. The van der Waals surface area contributed by atoms with E-state index in [-0.39, 0.29) is 12.5 Å². The fourth-order valence-electron chi connectivity index (χ4n) is 2.37. The van der Waals surface area contributed by atoms with E-state index in [1.54, 1.807) is 18.7 Å². The van der Waals surface area contributed by atoms with Crippen LogP contribution in [0.15, 0.2) is 48.7 Å². The molecule has 1 N–H and O–H groups in total. The van der Waals surface area contributed by atoms with Crippen LogP contribution >= 0.6 is 0 Å². The van der Waals surface area contributed by atoms with Crippen LogP contribution in [-0.2, 0) is 16.6 Å². The molecule has 0 saturated heterocycles. The SMILES string of the molecule is Cc1c(C(=O)OCC(=O)Nc2ccc3ccccc3c2)cnn1C. The minimum atomic E-state index is -0.561. The second kappa shape index (κ2) is 6.54. The number of amides is 1. The third kappa shape index (κ3) is 3.27. The van der Waals surface area contributed by atoms with Gasteiger partial charge in [-0.2, -0.15) is 5.10 Å². The van der Waals surface area contributed by atoms with Gasteiger partial charge in [0.1, 0.15) is 5.56 Å². The zero-order valence-electron chi connectivity index (χ0n) is 13.4. The van der Waals surface area contributed by atoms with E-state index in [4.69, 9.17) is 4.74 Å². The molecule has 0 fully saturated rings. The molecular formula is C18H17N3O3. The molecule has 1 amide bonds. The maximum atomic E-state index is 12.0. The molecular weight excluding hydrogens is 306 g/mol. The summed E-state index contributed by atoms with van der Waals surface area (Å²) in [5, 5.41) is 8.82. The van der Waals surface area contributed by atoms with Crippen molar-refractivity contribution in [1.29, 1.82) is 0 Å². The van der Waals surface area contributed by atoms with Crippen molar-refractivity contribution in [3.8, 4) is 0 Å². The van der Waals surface area contributed by atoms with Crippen molar-refractivity contribution in [3.05, 3.63) is 59.9 Å². The molecule has 3 rings (SSSR count). The van der Waals surface area contributed by atoms with Gasteiger partial charge in [-0.15, -0.1) is 0 Å². The molecule has 6 nitrogen and oxygen atoms in total. The number of esters is 1. The van der Waals surface area contributed by atoms with Crippen molar-refractivity contribution in [2.45, 2.75) is 6.92 Å². The molecule has 1 aromatic heterocycles. The smallest absolute Gasteiger partial charge is 0.342 e. The number of hydrogen-bond acceptors (Lipinski definition) is 4. The van der Waals surface area contributed by atoms with E-state index in [0.29, 0.717) is 16.9 Å². The average molecular weight is 323 g/mol. The molecule has 0 spiro atoms. The van der Waals surface area contributed by atoms with Gasteiger partial charge in [0.25, 0.3) is 5.91 Å². The van der Waals surface area contributed by atoms with Crippen molar-refractivity contribution in [2.75, 3.05) is 11.9 Å². The Morgan fingerprint density at radius 2 is 1.92 bits per heavy atom. The number of nitrogens with zero attached hydrogens (tertiary/aromatic N) is 2. The monoisotopic (exact) mass is 323 g/mol. The Morgan fingerprint density at radius 3 is 2.62 bits per heavy atom. The van der Waals surface area contributed by atoms with E-state index in [9.17, 15) is 9.59 Å². The molecule has 0 aliphatic carbocycles. The van der Waals surface area contributed by atoms with E-state index >= 15 is 0 Å². The Kier molecular flexibility index (Phi) is 4.29. The first-order valence-electron chi connectivity index (χ1n) is 7.49. The number of hydrogen-bond donors (Lipinski definition) is 1. The number of anilines is 1. The second-order valence-corrected chi connectivity index (χ2v) is 5.45. The Bertz CT molecular complexity index is 915. The van der Waals surface area contributed by atoms with E-state index in [1.165, 1.54) is 6.20 Å². The van der Waals surface area contributed by atoms with Crippen molar-refractivity contribution in [2.24, 2.45) is 7.05 Å². The number of carbonyl (C=O) groups excluding carboxylic acids is 2. The molecule has 0 atom stereocenters. The summed E-state index contributed by atoms with van der Waals surface area (Å²) in [6, 6.07) is 13.5. The minimum absolute atomic E-state index is 0.347. The van der Waals surface area contributed by atoms with Crippen LogP contribution in [0.1, 0.15) is 16.1 Å². The van der Waals surface area contributed by atoms with Gasteiger partial charge in [-0.25, -0.2) is 4.79 Å². The summed E-state index contributed by atoms with van der Waals surface area (Å²) in [4.78, 5) is 23.9. The summed E-state index contributed by atoms with van der Waals surface area (Å²) in [5.74, 6) is -0.950. The van der Waals surface area contributed by atoms with Crippen LogP contribution in [0.4, 0.5) is 5.69 Å². The lowest BCUT2D eigenvalue weighted by atomic mass is 10.1. The summed E-state index contributed by atoms with van der Waals surface area (Å²) in [6.45, 7) is 1.42. The number of aromatic nitrogens is 2. The van der Waals surface area contributed by atoms with E-state index in [2.05, 4.69) is 10.4 Å². The number of carbonyl (C=O) groups is 2. The van der Waals surface area contributed by atoms with E-state index in [1.807, 2.05) is 42.5 Å². The average Bonchev–Trinajstić information content (AvgIpc) is 2.92. The van der Waals surface area contributed by atoms with Gasteiger partial charge in [0.05, 0.1) is 6.20 Å². The Hall–Kier alpha value is -3.15. The first-order chi connectivity index (χ1) is 11.5. The molecule has 2 aromatic carbocycles. The Labute approximate surface area is 139 Å². The summed E-state index contributed by atoms with van der Waals surface area (Å²) >= 11 is 0. The lowest BCUT2D eigenvalue weighted by molar-refractivity contribution is -0.119. The van der Waals surface area contributed by atoms with Crippen molar-refractivity contribution < 1.29 is 14.3 Å². The molecule has 24 heavy (non-hydrogen) atoms. The zero-order chi connectivity index (χ0) is 17.1. The number of nitrogens with one attached hydrogen (secondary N) is 1. The number of rotatable bonds is 4. The van der Waals surface area contributed by atoms with Gasteiger partial charge in [0.15, 0.2) is 6.61 Å². The van der Waals surface area contributed by atoms with Crippen molar-refractivity contribution >= 4 is 28.3 Å². The van der Waals surface area contributed by atoms with Crippen LogP contribution in [0.3, 0.4) is 0 Å². The summed E-state index contributed by atoms with van der Waals surface area (Å²) in [7, 11) is 1.73. The number of ether oxygens (including phenoxy) is 1. The van der Waals surface area contributed by atoms with Crippen LogP contribution in [0.5, 0.6) is 0 Å². The minimum Gasteiger partial charge on any atom is -0.452 e. The lowest BCUT2D eigenvalue weighted by Gasteiger charge is -2.07. The Balaban J connectivity index is 1.60. The van der Waals surface area contributed by atoms with Crippen molar-refractivity contribution in [3.63, 3.8) is 0 Å². The highest BCUT2D eigenvalue weighted by molar-refractivity contribution is 5.97. The maximum absolute atomic E-state index is 12.0. The number of benzene rings is 2. The highest BCUT2D eigenvalue weighted by atomic mass is 16.5. The predicted octanol–water partition coefficient (Wildman–Crippen LogP) is 2.68. The van der Waals surface area contributed by atoms with Gasteiger partial charge < -0.3 is 10.1 Å². The fraction of sp³-hybridized carbons (Fsp3) is 0.167. The van der Waals surface area contributed by atoms with Gasteiger partial charge >= 0.3 is 5.97 Å². The molecule has 0 bridgehead atoms. The topological polar surface area (TPSA) is 73.2 Å². The molecule has 0 aliphatic heterocycles. The molecule has 0 radical (unpaired) electrons. The van der Waals surface area contributed by atoms with E-state index < -0.39 is 5.97 Å². The van der Waals surface area contributed by atoms with Crippen LogP contribution in [0.2, 0.25) is 0 Å². The third-order valence-corrected chi connectivity index (χ3v) is 3.82. The first-order valence-corrected chi connectivity index (χ1v) is 7.49. The second-order valence-electron chi connectivity index (χ2n) is 5.45. The van der Waals surface area contributed by atoms with Crippen LogP contribution in [-0.4, -0.2) is 28.3 Å². The number of aryl methyl sites for hydroxylation is 1. The summed E-state index contributed by atoms with van der Waals surface area (Å²) in [6.07, 6.45) is 1.43. The van der Waals surface area contributed by atoms with Crippen LogP contribution in [0, 0.1) is 6.92 Å². The quantitative estimate of drug-likeness (QED) is 0.749. The lowest BCUT2D eigenvalue weighted by Crippen LogP contribution is -2.21. The largest absolute Gasteiger partial charge is 0.452 e. The molecule has 0 saturated carbocycles. The maximum Gasteiger partial charge on any atom is 0.342 e. The third-order valence-electron chi connectivity index (χ3n) is 3.82. The number of fused-ring (bicyclic) bond motifs is 1. The van der Waals surface area contributed by atoms with Gasteiger partial charge in [-0.05, 0) is 29.8 Å². The highest BCUT2D eigenvalue weighted by Gasteiger charge is 2.15. The fourth-order valence-corrected chi connectivity index (χ4v) is 2.37. The summed E-state index contributed by atoms with van der Waals surface area (Å²) in [5.41, 5.74) is 1.71. The standard InChI is InChI=1S/C18H17N3O3/c1-12-16(10-19-21(12)2)18(23)24-11-17(22)20-15-8-7-13-5-3-4-6-14(13)9-15/h3-10H,11H2,1-2H3,(H,20,22).